The first-order valence-corrected chi connectivity index (χ1v) is 5.94. The normalized spacial score (nSPS) is 10.6. The third-order valence-electron chi connectivity index (χ3n) is 2.55. The fraction of sp³-hybridized carbons (Fsp3) is 0.231. The summed E-state index contributed by atoms with van der Waals surface area (Å²) in [5.74, 6) is -0.345. The van der Waals surface area contributed by atoms with E-state index < -0.39 is 0 Å². The summed E-state index contributed by atoms with van der Waals surface area (Å²) >= 11 is 5.91. The van der Waals surface area contributed by atoms with Crippen molar-refractivity contribution in [3.63, 3.8) is 0 Å². The van der Waals surface area contributed by atoms with E-state index in [9.17, 15) is 9.59 Å². The Morgan fingerprint density at radius 1 is 1.39 bits per heavy atom. The van der Waals surface area contributed by atoms with Crippen LogP contribution >= 0.6 is 11.6 Å². The topological polar surface area (TPSA) is 48.3 Å². The predicted octanol–water partition coefficient (Wildman–Crippen LogP) is 2.22. The lowest BCUT2D eigenvalue weighted by molar-refractivity contribution is -0.143. The minimum Gasteiger partial charge on any atom is -0.465 e. The van der Waals surface area contributed by atoms with E-state index in [4.69, 9.17) is 16.3 Å². The van der Waals surface area contributed by atoms with E-state index in [1.54, 1.807) is 35.9 Å². The van der Waals surface area contributed by atoms with Crippen molar-refractivity contribution in [1.29, 1.82) is 0 Å². The molecular weight excluding hydrogens is 254 g/mol. The van der Waals surface area contributed by atoms with Crippen LogP contribution in [0.5, 0.6) is 0 Å². The Balaban J connectivity index is 2.51. The molecule has 94 valence electrons. The van der Waals surface area contributed by atoms with E-state index in [0.717, 1.165) is 0 Å². The molecule has 0 N–H and O–H groups in total. The van der Waals surface area contributed by atoms with E-state index in [-0.39, 0.29) is 17.9 Å². The van der Waals surface area contributed by atoms with E-state index in [1.165, 1.54) is 6.07 Å². The molecule has 0 saturated carbocycles. The molecule has 4 nitrogen and oxygen atoms in total. The van der Waals surface area contributed by atoms with E-state index in [1.807, 2.05) is 0 Å². The lowest BCUT2D eigenvalue weighted by Crippen LogP contribution is -2.16. The number of aromatic nitrogens is 1. The summed E-state index contributed by atoms with van der Waals surface area (Å²) in [6.45, 7) is 2.14. The van der Waals surface area contributed by atoms with Crippen LogP contribution in [0.1, 0.15) is 6.92 Å². The molecule has 0 aliphatic carbocycles. The molecule has 0 bridgehead atoms. The highest BCUT2D eigenvalue weighted by atomic mass is 35.5. The van der Waals surface area contributed by atoms with Crippen LogP contribution in [0, 0.1) is 0 Å². The van der Waals surface area contributed by atoms with Crippen molar-refractivity contribution in [3.05, 3.63) is 45.7 Å². The molecule has 0 spiro atoms. The summed E-state index contributed by atoms with van der Waals surface area (Å²) in [5.41, 5.74) is 0.532. The minimum atomic E-state index is -0.345. The van der Waals surface area contributed by atoms with Crippen LogP contribution in [-0.2, 0) is 16.1 Å². The number of carbonyl (C=O) groups is 1. The maximum absolute atomic E-state index is 11.7. The first-order chi connectivity index (χ1) is 8.61. The Labute approximate surface area is 109 Å². The number of nitrogens with zero attached hydrogens (tertiary/aromatic N) is 1. The highest BCUT2D eigenvalue weighted by Gasteiger charge is 2.07. The van der Waals surface area contributed by atoms with Crippen molar-refractivity contribution in [2.24, 2.45) is 0 Å². The largest absolute Gasteiger partial charge is 0.465 e. The number of carbonyl (C=O) groups excluding carboxylic acids is 1. The van der Waals surface area contributed by atoms with Crippen molar-refractivity contribution >= 4 is 28.5 Å². The second kappa shape index (κ2) is 5.23. The molecule has 2 aromatic rings. The summed E-state index contributed by atoms with van der Waals surface area (Å²) in [5, 5.41) is 1.05. The van der Waals surface area contributed by atoms with Crippen molar-refractivity contribution in [1.82, 2.24) is 4.57 Å². The average molecular weight is 266 g/mol. The first kappa shape index (κ1) is 12.6. The number of benzene rings is 1. The standard InChI is InChI=1S/C13H12ClNO3/c1-2-18-13(17)8-15-6-5-12(16)10-4-3-9(14)7-11(10)15/h3-7H,2,8H2,1H3. The molecule has 1 aromatic carbocycles. The second-order valence-corrected chi connectivity index (χ2v) is 4.21. The van der Waals surface area contributed by atoms with Crippen LogP contribution in [-0.4, -0.2) is 17.1 Å². The van der Waals surface area contributed by atoms with Gasteiger partial charge >= 0.3 is 5.97 Å². The Bertz CT molecular complexity index is 648. The quantitative estimate of drug-likeness (QED) is 0.800. The zero-order valence-electron chi connectivity index (χ0n) is 9.85. The highest BCUT2D eigenvalue weighted by molar-refractivity contribution is 6.31. The Morgan fingerprint density at radius 2 is 2.17 bits per heavy atom. The molecule has 5 heteroatoms. The Morgan fingerprint density at radius 3 is 2.89 bits per heavy atom. The van der Waals surface area contributed by atoms with Crippen LogP contribution < -0.4 is 5.43 Å². The van der Waals surface area contributed by atoms with Crippen molar-refractivity contribution in [2.45, 2.75) is 13.5 Å². The zero-order chi connectivity index (χ0) is 13.1. The summed E-state index contributed by atoms with van der Waals surface area (Å²) in [6.07, 6.45) is 1.57. The summed E-state index contributed by atoms with van der Waals surface area (Å²) in [7, 11) is 0. The number of halogens is 1. The van der Waals surface area contributed by atoms with Gasteiger partial charge < -0.3 is 9.30 Å². The molecule has 0 aliphatic rings. The van der Waals surface area contributed by atoms with E-state index in [2.05, 4.69) is 0 Å². The summed E-state index contributed by atoms with van der Waals surface area (Å²) in [6, 6.07) is 6.40. The van der Waals surface area contributed by atoms with E-state index >= 15 is 0 Å². The molecule has 18 heavy (non-hydrogen) atoms. The van der Waals surface area contributed by atoms with Gasteiger partial charge in [0, 0.05) is 22.7 Å². The molecule has 1 aromatic heterocycles. The molecule has 2 rings (SSSR count). The lowest BCUT2D eigenvalue weighted by Gasteiger charge is -2.10. The Kier molecular flexibility index (Phi) is 3.67. The van der Waals surface area contributed by atoms with Gasteiger partial charge in [-0.15, -0.1) is 0 Å². The van der Waals surface area contributed by atoms with Crippen LogP contribution in [0.3, 0.4) is 0 Å². The average Bonchev–Trinajstić information content (AvgIpc) is 2.33. The van der Waals surface area contributed by atoms with Gasteiger partial charge in [0.25, 0.3) is 0 Å². The predicted molar refractivity (Wildman–Crippen MR) is 69.9 cm³/mol. The van der Waals surface area contributed by atoms with Gasteiger partial charge in [-0.2, -0.15) is 0 Å². The maximum atomic E-state index is 11.7. The van der Waals surface area contributed by atoms with Crippen LogP contribution in [0.25, 0.3) is 10.9 Å². The number of rotatable bonds is 3. The first-order valence-electron chi connectivity index (χ1n) is 5.56. The fourth-order valence-corrected chi connectivity index (χ4v) is 1.93. The number of fused-ring (bicyclic) bond motifs is 1. The number of esters is 1. The number of pyridine rings is 1. The number of ether oxygens (including phenoxy) is 1. The molecule has 0 amide bonds. The van der Waals surface area contributed by atoms with Gasteiger partial charge in [-0.1, -0.05) is 11.6 Å². The van der Waals surface area contributed by atoms with Gasteiger partial charge in [0.2, 0.25) is 0 Å². The molecule has 0 aliphatic heterocycles. The van der Waals surface area contributed by atoms with Gasteiger partial charge in [0.1, 0.15) is 6.54 Å². The van der Waals surface area contributed by atoms with Gasteiger partial charge in [-0.25, -0.2) is 0 Å². The number of hydrogen-bond acceptors (Lipinski definition) is 3. The van der Waals surface area contributed by atoms with Crippen molar-refractivity contribution < 1.29 is 9.53 Å². The maximum Gasteiger partial charge on any atom is 0.325 e. The van der Waals surface area contributed by atoms with Crippen LogP contribution in [0.4, 0.5) is 0 Å². The third-order valence-corrected chi connectivity index (χ3v) is 2.78. The summed E-state index contributed by atoms with van der Waals surface area (Å²) in [4.78, 5) is 23.2. The van der Waals surface area contributed by atoms with Crippen LogP contribution in [0.15, 0.2) is 35.3 Å². The van der Waals surface area contributed by atoms with Crippen LogP contribution in [0.2, 0.25) is 5.02 Å². The van der Waals surface area contributed by atoms with Crippen molar-refractivity contribution in [3.8, 4) is 0 Å². The monoisotopic (exact) mass is 265 g/mol. The molecule has 0 atom stereocenters. The smallest absolute Gasteiger partial charge is 0.325 e. The lowest BCUT2D eigenvalue weighted by atomic mass is 10.2. The molecule has 0 radical (unpaired) electrons. The highest BCUT2D eigenvalue weighted by Crippen LogP contribution is 2.16. The van der Waals surface area contributed by atoms with Gasteiger partial charge in [-0.05, 0) is 25.1 Å². The van der Waals surface area contributed by atoms with Crippen molar-refractivity contribution in [2.75, 3.05) is 6.61 Å². The SMILES string of the molecule is CCOC(=O)Cn1ccc(=O)c2ccc(Cl)cc21. The number of hydrogen-bond donors (Lipinski definition) is 0. The fourth-order valence-electron chi connectivity index (χ4n) is 1.76. The third kappa shape index (κ3) is 2.54. The minimum absolute atomic E-state index is 0.0605. The molecule has 0 saturated heterocycles. The summed E-state index contributed by atoms with van der Waals surface area (Å²) < 4.78 is 6.54. The molecule has 0 fully saturated rings. The van der Waals surface area contributed by atoms with Gasteiger partial charge in [-0.3, -0.25) is 9.59 Å². The van der Waals surface area contributed by atoms with E-state index in [0.29, 0.717) is 22.5 Å². The molecule has 1 heterocycles. The van der Waals surface area contributed by atoms with Gasteiger partial charge in [0.05, 0.1) is 12.1 Å². The molecular formula is C13H12ClNO3. The second-order valence-electron chi connectivity index (χ2n) is 3.77. The van der Waals surface area contributed by atoms with Gasteiger partial charge in [0.15, 0.2) is 5.43 Å². The molecule has 0 unspecified atom stereocenters. The zero-order valence-corrected chi connectivity index (χ0v) is 10.6. The Hall–Kier alpha value is -1.81.